The minimum absolute atomic E-state index is 0.306. The maximum atomic E-state index is 13.3. The molecular formula is C28H30N4O4S. The molecule has 37 heavy (non-hydrogen) atoms. The highest BCUT2D eigenvalue weighted by Gasteiger charge is 2.19. The number of carbonyl (C=O) groups excluding carboxylic acids is 2. The van der Waals surface area contributed by atoms with Crippen LogP contribution in [0.5, 0.6) is 0 Å². The maximum Gasteiger partial charge on any atom is 0.412 e. The second-order valence-electron chi connectivity index (χ2n) is 9.34. The van der Waals surface area contributed by atoms with Crippen LogP contribution in [0.15, 0.2) is 66.0 Å². The summed E-state index contributed by atoms with van der Waals surface area (Å²) in [4.78, 5) is 31.3. The molecule has 0 spiro atoms. The first-order valence-electron chi connectivity index (χ1n) is 11.8. The Morgan fingerprint density at radius 2 is 1.81 bits per heavy atom. The van der Waals surface area contributed by atoms with Gasteiger partial charge in [0.1, 0.15) is 11.4 Å². The summed E-state index contributed by atoms with van der Waals surface area (Å²) >= 11 is 1.59. The zero-order valence-electron chi connectivity index (χ0n) is 21.3. The third-order valence-electron chi connectivity index (χ3n) is 5.27. The number of hydrogen-bond acceptors (Lipinski definition) is 7. The van der Waals surface area contributed by atoms with E-state index in [-0.39, 0.29) is 5.91 Å². The van der Waals surface area contributed by atoms with Crippen LogP contribution in [0.25, 0.3) is 21.3 Å². The minimum atomic E-state index is -0.650. The molecule has 2 heterocycles. The third kappa shape index (κ3) is 7.05. The molecule has 0 atom stereocenters. The summed E-state index contributed by atoms with van der Waals surface area (Å²) in [6.45, 7) is 6.62. The number of hydrogen-bond donors (Lipinski definition) is 3. The number of methoxy groups -OCH3 is 1. The topological polar surface area (TPSA) is 102 Å². The van der Waals surface area contributed by atoms with Gasteiger partial charge in [0.15, 0.2) is 0 Å². The number of amides is 2. The van der Waals surface area contributed by atoms with E-state index >= 15 is 0 Å². The van der Waals surface area contributed by atoms with Crippen molar-refractivity contribution in [3.63, 3.8) is 0 Å². The van der Waals surface area contributed by atoms with Crippen LogP contribution < -0.4 is 16.0 Å². The number of ether oxygens (including phenoxy) is 2. The number of nitrogens with zero attached hydrogens (tertiary/aromatic N) is 1. The highest BCUT2D eigenvalue weighted by Crippen LogP contribution is 2.32. The van der Waals surface area contributed by atoms with Gasteiger partial charge in [-0.3, -0.25) is 10.1 Å². The van der Waals surface area contributed by atoms with Crippen LogP contribution in [0, 0.1) is 0 Å². The first kappa shape index (κ1) is 26.1. The second kappa shape index (κ2) is 11.4. The van der Waals surface area contributed by atoms with Crippen molar-refractivity contribution in [2.24, 2.45) is 0 Å². The third-order valence-corrected chi connectivity index (χ3v) is 6.19. The predicted molar refractivity (Wildman–Crippen MR) is 150 cm³/mol. The fraction of sp³-hybridized carbons (Fsp3) is 0.250. The van der Waals surface area contributed by atoms with Crippen LogP contribution in [0.2, 0.25) is 0 Å². The van der Waals surface area contributed by atoms with Crippen molar-refractivity contribution in [1.82, 2.24) is 4.98 Å². The normalized spacial score (nSPS) is 11.2. The molecule has 2 aromatic carbocycles. The first-order valence-corrected chi connectivity index (χ1v) is 12.7. The molecule has 0 saturated carbocycles. The van der Waals surface area contributed by atoms with Gasteiger partial charge in [-0.2, -0.15) is 0 Å². The number of pyridine rings is 1. The number of aromatic nitrogens is 1. The second-order valence-corrected chi connectivity index (χ2v) is 10.3. The smallest absolute Gasteiger partial charge is 0.412 e. The molecule has 4 aromatic rings. The van der Waals surface area contributed by atoms with Crippen LogP contribution in [0.1, 0.15) is 31.1 Å². The summed E-state index contributed by atoms with van der Waals surface area (Å²) in [5.41, 5.74) is 2.43. The standard InChI is InChI=1S/C28H30N4O4S/c1-28(2,3)36-27(34)32-22-11-7-19(24-6-5-15-37-24)17-23(22)31-26(33)20-8-10-21-18(16-20)9-12-25(30-21)29-13-14-35-4/h5-12,15-17H,13-14H2,1-4H3,(H,29,30)(H,31,33)(H,32,34). The minimum Gasteiger partial charge on any atom is -0.444 e. The molecule has 0 aliphatic carbocycles. The highest BCUT2D eigenvalue weighted by molar-refractivity contribution is 7.13. The fourth-order valence-corrected chi connectivity index (χ4v) is 4.33. The average Bonchev–Trinajstić information content (AvgIpc) is 3.39. The van der Waals surface area contributed by atoms with Gasteiger partial charge in [0.05, 0.1) is 23.5 Å². The zero-order valence-corrected chi connectivity index (χ0v) is 22.1. The monoisotopic (exact) mass is 518 g/mol. The first-order chi connectivity index (χ1) is 17.7. The quantitative estimate of drug-likeness (QED) is 0.227. The van der Waals surface area contributed by atoms with Crippen molar-refractivity contribution in [1.29, 1.82) is 0 Å². The molecule has 0 saturated heterocycles. The lowest BCUT2D eigenvalue weighted by Crippen LogP contribution is -2.27. The number of fused-ring (bicyclic) bond motifs is 1. The number of anilines is 3. The molecule has 192 valence electrons. The number of nitrogens with one attached hydrogen (secondary N) is 3. The molecule has 0 aliphatic heterocycles. The summed E-state index contributed by atoms with van der Waals surface area (Å²) < 4.78 is 10.5. The van der Waals surface area contributed by atoms with E-state index < -0.39 is 11.7 Å². The van der Waals surface area contributed by atoms with E-state index in [4.69, 9.17) is 9.47 Å². The van der Waals surface area contributed by atoms with Crippen LogP contribution in [-0.4, -0.2) is 42.8 Å². The van der Waals surface area contributed by atoms with Crippen LogP contribution in [0.3, 0.4) is 0 Å². The lowest BCUT2D eigenvalue weighted by Gasteiger charge is -2.21. The highest BCUT2D eigenvalue weighted by atomic mass is 32.1. The van der Waals surface area contributed by atoms with E-state index in [9.17, 15) is 9.59 Å². The SMILES string of the molecule is COCCNc1ccc2cc(C(=O)Nc3cc(-c4cccs4)ccc3NC(=O)OC(C)(C)C)ccc2n1. The van der Waals surface area contributed by atoms with E-state index in [1.807, 2.05) is 47.8 Å². The Morgan fingerprint density at radius 1 is 0.973 bits per heavy atom. The zero-order chi connectivity index (χ0) is 26.4. The largest absolute Gasteiger partial charge is 0.444 e. The molecule has 0 fully saturated rings. The Kier molecular flexibility index (Phi) is 8.05. The van der Waals surface area contributed by atoms with Crippen molar-refractivity contribution in [2.75, 3.05) is 36.2 Å². The summed E-state index contributed by atoms with van der Waals surface area (Å²) in [6.07, 6.45) is -0.599. The Morgan fingerprint density at radius 3 is 2.54 bits per heavy atom. The summed E-state index contributed by atoms with van der Waals surface area (Å²) in [6, 6.07) is 18.6. The molecule has 9 heteroatoms. The lowest BCUT2D eigenvalue weighted by atomic mass is 10.1. The van der Waals surface area contributed by atoms with Crippen molar-refractivity contribution < 1.29 is 19.1 Å². The Balaban J connectivity index is 1.58. The van der Waals surface area contributed by atoms with E-state index in [2.05, 4.69) is 20.9 Å². The molecule has 3 N–H and O–H groups in total. The van der Waals surface area contributed by atoms with Gasteiger partial charge in [-0.15, -0.1) is 11.3 Å². The van der Waals surface area contributed by atoms with Gasteiger partial charge in [-0.1, -0.05) is 12.1 Å². The molecule has 0 aliphatic rings. The van der Waals surface area contributed by atoms with E-state index in [1.165, 1.54) is 0 Å². The van der Waals surface area contributed by atoms with Gasteiger partial charge in [0.25, 0.3) is 5.91 Å². The predicted octanol–water partition coefficient (Wildman–Crippen LogP) is 6.62. The molecule has 8 nitrogen and oxygen atoms in total. The van der Waals surface area contributed by atoms with E-state index in [0.29, 0.717) is 30.1 Å². The van der Waals surface area contributed by atoms with E-state index in [0.717, 1.165) is 27.2 Å². The van der Waals surface area contributed by atoms with Gasteiger partial charge < -0.3 is 20.1 Å². The molecule has 0 radical (unpaired) electrons. The number of benzene rings is 2. The molecular weight excluding hydrogens is 488 g/mol. The van der Waals surface area contributed by atoms with Crippen LogP contribution >= 0.6 is 11.3 Å². The molecule has 2 aromatic heterocycles. The van der Waals surface area contributed by atoms with Gasteiger partial charge in [-0.05, 0) is 80.2 Å². The average molecular weight is 519 g/mol. The van der Waals surface area contributed by atoms with Crippen molar-refractivity contribution in [2.45, 2.75) is 26.4 Å². The summed E-state index contributed by atoms with van der Waals surface area (Å²) in [5.74, 6) is 0.435. The van der Waals surface area contributed by atoms with Gasteiger partial charge >= 0.3 is 6.09 Å². The van der Waals surface area contributed by atoms with Crippen molar-refractivity contribution >= 4 is 51.4 Å². The number of thiophene rings is 1. The molecule has 4 rings (SSSR count). The van der Waals surface area contributed by atoms with Crippen molar-refractivity contribution in [3.8, 4) is 10.4 Å². The Labute approximate surface area is 220 Å². The molecule has 0 unspecified atom stereocenters. The van der Waals surface area contributed by atoms with Gasteiger partial charge in [0, 0.05) is 29.5 Å². The lowest BCUT2D eigenvalue weighted by molar-refractivity contribution is 0.0635. The summed E-state index contributed by atoms with van der Waals surface area (Å²) in [5, 5.41) is 11.7. The number of rotatable bonds is 8. The number of carbonyl (C=O) groups is 2. The summed E-state index contributed by atoms with van der Waals surface area (Å²) in [7, 11) is 1.65. The molecule has 2 amide bonds. The van der Waals surface area contributed by atoms with Gasteiger partial charge in [0.2, 0.25) is 0 Å². The molecule has 0 bridgehead atoms. The Bertz CT molecular complexity index is 1400. The van der Waals surface area contributed by atoms with E-state index in [1.54, 1.807) is 57.4 Å². The van der Waals surface area contributed by atoms with Crippen LogP contribution in [-0.2, 0) is 9.47 Å². The maximum absolute atomic E-state index is 13.3. The fourth-order valence-electron chi connectivity index (χ4n) is 3.61. The van der Waals surface area contributed by atoms with Gasteiger partial charge in [-0.25, -0.2) is 9.78 Å². The van der Waals surface area contributed by atoms with Crippen molar-refractivity contribution in [3.05, 3.63) is 71.6 Å². The Hall–Kier alpha value is -3.95. The van der Waals surface area contributed by atoms with Crippen LogP contribution in [0.4, 0.5) is 22.0 Å².